The van der Waals surface area contributed by atoms with E-state index in [1.807, 2.05) is 19.1 Å². The maximum atomic E-state index is 13.3. The molecule has 1 amide bonds. The number of furan rings is 1. The van der Waals surface area contributed by atoms with Gasteiger partial charge in [0.25, 0.3) is 5.91 Å². The number of esters is 1. The molecule has 0 bridgehead atoms. The molecule has 7 heteroatoms. The molecule has 7 nitrogen and oxygen atoms in total. The van der Waals surface area contributed by atoms with Gasteiger partial charge in [-0.15, -0.1) is 0 Å². The van der Waals surface area contributed by atoms with Gasteiger partial charge in [0.15, 0.2) is 6.10 Å². The second kappa shape index (κ2) is 10.6. The van der Waals surface area contributed by atoms with Gasteiger partial charge in [0.2, 0.25) is 0 Å². The number of rotatable bonds is 7. The smallest absolute Gasteiger partial charge is 0.337 e. The summed E-state index contributed by atoms with van der Waals surface area (Å²) in [5, 5.41) is 25.4. The number of hydrogen-bond donors (Lipinski definition) is 3. The number of carbonyl (C=O) groups is 2. The number of aliphatic hydroxyl groups excluding tert-OH is 1. The van der Waals surface area contributed by atoms with Gasteiger partial charge in [-0.05, 0) is 60.3 Å². The Labute approximate surface area is 229 Å². The van der Waals surface area contributed by atoms with Crippen LogP contribution in [-0.4, -0.2) is 40.4 Å². The van der Waals surface area contributed by atoms with Gasteiger partial charge < -0.3 is 24.7 Å². The molecule has 39 heavy (non-hydrogen) atoms. The Morgan fingerprint density at radius 2 is 1.69 bits per heavy atom. The topological polar surface area (TPSA) is 109 Å². The molecule has 2 aromatic carbocycles. The Hall–Kier alpha value is -3.42. The predicted molar refractivity (Wildman–Crippen MR) is 146 cm³/mol. The Kier molecular flexibility index (Phi) is 7.40. The fourth-order valence-electron chi connectivity index (χ4n) is 6.69. The molecule has 0 aliphatic heterocycles. The third kappa shape index (κ3) is 5.65. The lowest BCUT2D eigenvalue weighted by molar-refractivity contribution is -0.156. The summed E-state index contributed by atoms with van der Waals surface area (Å²) in [5.41, 5.74) is 2.02. The Balaban J connectivity index is 1.36. The summed E-state index contributed by atoms with van der Waals surface area (Å²) in [4.78, 5) is 26.3. The van der Waals surface area contributed by atoms with Crippen LogP contribution in [-0.2, 0) is 16.0 Å². The minimum Gasteiger partial charge on any atom is -0.472 e. The molecular weight excluding hydrogens is 494 g/mol. The van der Waals surface area contributed by atoms with E-state index in [0.29, 0.717) is 17.5 Å². The number of carbonyl (C=O) groups excluding carboxylic acids is 2. The van der Waals surface area contributed by atoms with E-state index in [1.54, 1.807) is 61.1 Å². The zero-order valence-electron chi connectivity index (χ0n) is 22.7. The molecule has 1 aromatic heterocycles. The van der Waals surface area contributed by atoms with E-state index in [-0.39, 0.29) is 29.8 Å². The van der Waals surface area contributed by atoms with Crippen molar-refractivity contribution in [3.8, 4) is 0 Å². The van der Waals surface area contributed by atoms with E-state index in [1.165, 1.54) is 0 Å². The van der Waals surface area contributed by atoms with Crippen LogP contribution in [0.15, 0.2) is 77.6 Å². The summed E-state index contributed by atoms with van der Waals surface area (Å²) in [6, 6.07) is 16.6. The van der Waals surface area contributed by atoms with Crippen LogP contribution in [0.5, 0.6) is 0 Å². The molecule has 0 unspecified atom stereocenters. The van der Waals surface area contributed by atoms with Crippen LogP contribution in [0.1, 0.15) is 72.6 Å². The average Bonchev–Trinajstić information content (AvgIpc) is 3.49. The fraction of sp³-hybridized carbons (Fsp3) is 0.438. The minimum absolute atomic E-state index is 0.0377. The van der Waals surface area contributed by atoms with Crippen molar-refractivity contribution in [2.24, 2.45) is 17.3 Å². The lowest BCUT2D eigenvalue weighted by Gasteiger charge is -2.34. The van der Waals surface area contributed by atoms with Gasteiger partial charge in [-0.2, -0.15) is 0 Å². The van der Waals surface area contributed by atoms with Gasteiger partial charge in [-0.1, -0.05) is 62.4 Å². The SMILES string of the molecule is CC1(C)C[C@H]2[C@H](COC(=O)[C@H](O)[C@@H](NC(=O)c3ccccc3)c3ccccc3)c3cocc3C[C@](C)(O)[C@H]2C1. The summed E-state index contributed by atoms with van der Waals surface area (Å²) in [6.45, 7) is 6.35. The van der Waals surface area contributed by atoms with Crippen molar-refractivity contribution in [1.29, 1.82) is 0 Å². The first kappa shape index (κ1) is 27.2. The first-order valence-corrected chi connectivity index (χ1v) is 13.6. The van der Waals surface area contributed by atoms with E-state index in [0.717, 1.165) is 24.0 Å². The number of ether oxygens (including phenoxy) is 1. The number of benzene rings is 2. The van der Waals surface area contributed by atoms with Gasteiger partial charge in [0.1, 0.15) is 0 Å². The van der Waals surface area contributed by atoms with Crippen molar-refractivity contribution in [2.75, 3.05) is 6.61 Å². The zero-order valence-corrected chi connectivity index (χ0v) is 22.7. The van der Waals surface area contributed by atoms with E-state index < -0.39 is 29.6 Å². The quantitative estimate of drug-likeness (QED) is 0.378. The second-order valence-electron chi connectivity index (χ2n) is 12.1. The highest BCUT2D eigenvalue weighted by atomic mass is 16.5. The fourth-order valence-corrected chi connectivity index (χ4v) is 6.69. The summed E-state index contributed by atoms with van der Waals surface area (Å²) >= 11 is 0. The highest BCUT2D eigenvalue weighted by Crippen LogP contribution is 2.57. The van der Waals surface area contributed by atoms with Crippen molar-refractivity contribution < 1.29 is 29.0 Å². The van der Waals surface area contributed by atoms with Crippen LogP contribution >= 0.6 is 0 Å². The van der Waals surface area contributed by atoms with Crippen LogP contribution in [0.25, 0.3) is 0 Å². The third-order valence-corrected chi connectivity index (χ3v) is 8.56. The number of nitrogens with one attached hydrogen (secondary N) is 1. The lowest BCUT2D eigenvalue weighted by atomic mass is 9.76. The molecule has 1 heterocycles. The molecule has 1 saturated carbocycles. The van der Waals surface area contributed by atoms with Crippen molar-refractivity contribution in [3.63, 3.8) is 0 Å². The maximum Gasteiger partial charge on any atom is 0.337 e. The molecule has 5 rings (SSSR count). The van der Waals surface area contributed by atoms with Crippen molar-refractivity contribution >= 4 is 11.9 Å². The van der Waals surface area contributed by atoms with Crippen molar-refractivity contribution in [2.45, 2.75) is 63.7 Å². The molecule has 2 aliphatic carbocycles. The maximum absolute atomic E-state index is 13.3. The highest BCUT2D eigenvalue weighted by Gasteiger charge is 2.53. The van der Waals surface area contributed by atoms with Crippen molar-refractivity contribution in [3.05, 3.63) is 95.4 Å². The molecule has 0 saturated heterocycles. The van der Waals surface area contributed by atoms with E-state index in [9.17, 15) is 19.8 Å². The van der Waals surface area contributed by atoms with Crippen LogP contribution in [0.2, 0.25) is 0 Å². The van der Waals surface area contributed by atoms with E-state index in [4.69, 9.17) is 9.15 Å². The van der Waals surface area contributed by atoms with Gasteiger partial charge in [-0.3, -0.25) is 4.79 Å². The van der Waals surface area contributed by atoms with Crippen LogP contribution in [0.3, 0.4) is 0 Å². The Morgan fingerprint density at radius 1 is 1.03 bits per heavy atom. The average molecular weight is 532 g/mol. The molecule has 6 atom stereocenters. The number of fused-ring (bicyclic) bond motifs is 2. The second-order valence-corrected chi connectivity index (χ2v) is 12.1. The van der Waals surface area contributed by atoms with Gasteiger partial charge >= 0.3 is 5.97 Å². The summed E-state index contributed by atoms with van der Waals surface area (Å²) < 4.78 is 11.3. The van der Waals surface area contributed by atoms with Gasteiger partial charge in [-0.25, -0.2) is 4.79 Å². The molecule has 1 fully saturated rings. The first-order chi connectivity index (χ1) is 18.6. The molecule has 2 aliphatic rings. The van der Waals surface area contributed by atoms with Crippen LogP contribution < -0.4 is 5.32 Å². The summed E-state index contributed by atoms with van der Waals surface area (Å²) in [6.07, 6.45) is 3.98. The van der Waals surface area contributed by atoms with Crippen molar-refractivity contribution in [1.82, 2.24) is 5.32 Å². The minimum atomic E-state index is -1.62. The number of aliphatic hydroxyl groups is 2. The Bertz CT molecular complexity index is 1300. The molecule has 206 valence electrons. The largest absolute Gasteiger partial charge is 0.472 e. The zero-order chi connectivity index (χ0) is 27.8. The standard InChI is InChI=1S/C32H37NO6/c1-31(2)15-23-25(24-18-38-17-22(24)14-32(3,37)26(23)16-31)19-39-30(36)28(34)27(20-10-6-4-7-11-20)33-29(35)21-12-8-5-9-13-21/h4-13,17-18,23,25-28,34,37H,14-16,19H2,1-3H3,(H,33,35)/t23-,25-,26-,27-,28+,32-/m0/s1. The molecule has 0 radical (unpaired) electrons. The van der Waals surface area contributed by atoms with E-state index in [2.05, 4.69) is 19.2 Å². The van der Waals surface area contributed by atoms with E-state index >= 15 is 0 Å². The highest BCUT2D eigenvalue weighted by molar-refractivity contribution is 5.94. The normalized spacial score (nSPS) is 26.9. The molecule has 3 aromatic rings. The van der Waals surface area contributed by atoms with Gasteiger partial charge in [0.05, 0.1) is 30.8 Å². The predicted octanol–water partition coefficient (Wildman–Crippen LogP) is 4.80. The van der Waals surface area contributed by atoms with Gasteiger partial charge in [0, 0.05) is 23.5 Å². The lowest BCUT2D eigenvalue weighted by Crippen LogP contribution is -2.42. The number of hydrogen-bond acceptors (Lipinski definition) is 6. The first-order valence-electron chi connectivity index (χ1n) is 13.6. The molecular formula is C32H37NO6. The molecule has 0 spiro atoms. The molecule has 3 N–H and O–H groups in total. The third-order valence-electron chi connectivity index (χ3n) is 8.56. The monoisotopic (exact) mass is 531 g/mol. The summed E-state index contributed by atoms with van der Waals surface area (Å²) in [5.74, 6) is -1.27. The summed E-state index contributed by atoms with van der Waals surface area (Å²) in [7, 11) is 0. The number of amides is 1. The Morgan fingerprint density at radius 3 is 2.38 bits per heavy atom. The van der Waals surface area contributed by atoms with Crippen LogP contribution in [0.4, 0.5) is 0 Å². The van der Waals surface area contributed by atoms with Crippen LogP contribution in [0, 0.1) is 17.3 Å².